The zero-order valence-corrected chi connectivity index (χ0v) is 12.2. The molecule has 0 aliphatic carbocycles. The number of carbonyl (C=O) groups excluding carboxylic acids is 2. The van der Waals surface area contributed by atoms with Gasteiger partial charge in [0.15, 0.2) is 0 Å². The van der Waals surface area contributed by atoms with Crippen molar-refractivity contribution in [2.45, 2.75) is 32.3 Å². The summed E-state index contributed by atoms with van der Waals surface area (Å²) < 4.78 is 5.53. The van der Waals surface area contributed by atoms with Gasteiger partial charge in [0.05, 0.1) is 12.7 Å². The van der Waals surface area contributed by atoms with Crippen molar-refractivity contribution in [2.75, 3.05) is 39.3 Å². The first-order valence-electron chi connectivity index (χ1n) is 7.45. The van der Waals surface area contributed by atoms with Gasteiger partial charge in [0.2, 0.25) is 11.8 Å². The van der Waals surface area contributed by atoms with Crippen LogP contribution in [0.5, 0.6) is 0 Å². The van der Waals surface area contributed by atoms with Crippen LogP contribution in [0.2, 0.25) is 0 Å². The molecule has 6 nitrogen and oxygen atoms in total. The third-order valence-corrected chi connectivity index (χ3v) is 4.18. The highest BCUT2D eigenvalue weighted by Crippen LogP contribution is 2.23. The molecule has 2 aliphatic rings. The van der Waals surface area contributed by atoms with Gasteiger partial charge in [0, 0.05) is 46.1 Å². The van der Waals surface area contributed by atoms with Crippen molar-refractivity contribution in [3.8, 4) is 0 Å². The van der Waals surface area contributed by atoms with Gasteiger partial charge >= 0.3 is 0 Å². The molecule has 0 aromatic heterocycles. The van der Waals surface area contributed by atoms with Crippen LogP contribution in [0.1, 0.15) is 26.2 Å². The fourth-order valence-electron chi connectivity index (χ4n) is 2.94. The Balaban J connectivity index is 1.79. The molecule has 0 bridgehead atoms. The molecule has 2 heterocycles. The van der Waals surface area contributed by atoms with Crippen molar-refractivity contribution in [1.29, 1.82) is 0 Å². The van der Waals surface area contributed by atoms with Crippen molar-refractivity contribution in [3.63, 3.8) is 0 Å². The van der Waals surface area contributed by atoms with E-state index < -0.39 is 0 Å². The van der Waals surface area contributed by atoms with Crippen molar-refractivity contribution >= 4 is 11.8 Å². The average Bonchev–Trinajstić information content (AvgIpc) is 2.72. The Bertz CT molecular complexity index is 362. The Morgan fingerprint density at radius 1 is 1.20 bits per heavy atom. The molecular weight excluding hydrogens is 258 g/mol. The Hall–Kier alpha value is -1.14. The van der Waals surface area contributed by atoms with E-state index in [1.54, 1.807) is 6.92 Å². The Labute approximate surface area is 120 Å². The predicted molar refractivity (Wildman–Crippen MR) is 75.0 cm³/mol. The normalized spacial score (nSPS) is 27.5. The number of nitrogens with two attached hydrogens (primary N) is 1. The summed E-state index contributed by atoms with van der Waals surface area (Å²) in [4.78, 5) is 27.4. The number of rotatable bonds is 3. The van der Waals surface area contributed by atoms with Crippen LogP contribution in [-0.2, 0) is 14.3 Å². The van der Waals surface area contributed by atoms with Gasteiger partial charge in [-0.1, -0.05) is 0 Å². The van der Waals surface area contributed by atoms with Crippen LogP contribution in [-0.4, -0.2) is 67.0 Å². The molecule has 0 aromatic carbocycles. The quantitative estimate of drug-likeness (QED) is 0.779. The average molecular weight is 283 g/mol. The van der Waals surface area contributed by atoms with Gasteiger partial charge in [-0.15, -0.1) is 0 Å². The van der Waals surface area contributed by atoms with Crippen LogP contribution in [0.25, 0.3) is 0 Å². The second-order valence-corrected chi connectivity index (χ2v) is 5.74. The zero-order valence-electron chi connectivity index (χ0n) is 12.2. The molecule has 2 amide bonds. The topological polar surface area (TPSA) is 75.9 Å². The molecule has 2 N–H and O–H groups in total. The van der Waals surface area contributed by atoms with E-state index in [-0.39, 0.29) is 17.9 Å². The van der Waals surface area contributed by atoms with E-state index in [4.69, 9.17) is 10.5 Å². The van der Waals surface area contributed by atoms with E-state index in [0.717, 1.165) is 25.9 Å². The Morgan fingerprint density at radius 3 is 2.55 bits per heavy atom. The summed E-state index contributed by atoms with van der Waals surface area (Å²) in [7, 11) is 0. The summed E-state index contributed by atoms with van der Waals surface area (Å²) in [6.45, 7) is 5.54. The van der Waals surface area contributed by atoms with E-state index >= 15 is 0 Å². The van der Waals surface area contributed by atoms with E-state index in [1.807, 2.05) is 9.80 Å². The molecule has 0 saturated carbocycles. The van der Waals surface area contributed by atoms with Gasteiger partial charge in [-0.25, -0.2) is 0 Å². The summed E-state index contributed by atoms with van der Waals surface area (Å²) in [5, 5.41) is 0. The monoisotopic (exact) mass is 283 g/mol. The maximum absolute atomic E-state index is 12.3. The molecule has 0 spiro atoms. The van der Waals surface area contributed by atoms with Crippen molar-refractivity contribution < 1.29 is 14.3 Å². The number of carbonyl (C=O) groups is 2. The maximum atomic E-state index is 12.3. The number of hydrogen-bond acceptors (Lipinski definition) is 4. The molecule has 6 heteroatoms. The zero-order chi connectivity index (χ0) is 14.5. The second kappa shape index (κ2) is 7.04. The van der Waals surface area contributed by atoms with Crippen molar-refractivity contribution in [2.24, 2.45) is 11.7 Å². The van der Waals surface area contributed by atoms with Gasteiger partial charge in [-0.2, -0.15) is 0 Å². The van der Waals surface area contributed by atoms with Gasteiger partial charge in [-0.3, -0.25) is 9.59 Å². The Kier molecular flexibility index (Phi) is 5.37. The van der Waals surface area contributed by atoms with E-state index in [1.165, 1.54) is 0 Å². The van der Waals surface area contributed by atoms with Gasteiger partial charge in [-0.05, 0) is 18.8 Å². The fraction of sp³-hybridized carbons (Fsp3) is 0.857. The molecule has 2 saturated heterocycles. The minimum atomic E-state index is 0.0919. The lowest BCUT2D eigenvalue weighted by Crippen LogP contribution is -2.37. The van der Waals surface area contributed by atoms with Crippen LogP contribution < -0.4 is 5.73 Å². The van der Waals surface area contributed by atoms with Crippen LogP contribution >= 0.6 is 0 Å². The number of nitrogens with zero attached hydrogens (tertiary/aromatic N) is 2. The predicted octanol–water partition coefficient (Wildman–Crippen LogP) is -0.179. The van der Waals surface area contributed by atoms with E-state index in [2.05, 4.69) is 0 Å². The summed E-state index contributed by atoms with van der Waals surface area (Å²) in [6, 6.07) is 0. The molecule has 2 rings (SSSR count). The van der Waals surface area contributed by atoms with Gasteiger partial charge in [0.1, 0.15) is 0 Å². The van der Waals surface area contributed by atoms with E-state index in [0.29, 0.717) is 38.6 Å². The molecule has 2 unspecified atom stereocenters. The summed E-state index contributed by atoms with van der Waals surface area (Å²) in [6.07, 6.45) is 2.40. The smallest absolute Gasteiger partial charge is 0.222 e. The maximum Gasteiger partial charge on any atom is 0.222 e. The first-order chi connectivity index (χ1) is 9.60. The number of hydrogen-bond donors (Lipinski definition) is 1. The molecule has 2 fully saturated rings. The first kappa shape index (κ1) is 15.3. The van der Waals surface area contributed by atoms with Crippen LogP contribution in [0.4, 0.5) is 0 Å². The SMILES string of the molecule is CC(=O)N1CCCN(C(=O)CC2COC(CN)C2)CC1. The standard InChI is InChI=1S/C14H25N3O3/c1-11(18)16-3-2-4-17(6-5-16)14(19)8-12-7-13(9-15)20-10-12/h12-13H,2-10,15H2,1H3. The highest BCUT2D eigenvalue weighted by atomic mass is 16.5. The van der Waals surface area contributed by atoms with Crippen molar-refractivity contribution in [3.05, 3.63) is 0 Å². The van der Waals surface area contributed by atoms with Crippen LogP contribution in [0, 0.1) is 5.92 Å². The minimum absolute atomic E-state index is 0.0919. The molecule has 114 valence electrons. The van der Waals surface area contributed by atoms with Gasteiger partial charge in [0.25, 0.3) is 0 Å². The fourth-order valence-corrected chi connectivity index (χ4v) is 2.94. The number of amides is 2. The largest absolute Gasteiger partial charge is 0.377 e. The molecule has 2 aliphatic heterocycles. The number of ether oxygens (including phenoxy) is 1. The highest BCUT2D eigenvalue weighted by Gasteiger charge is 2.28. The Morgan fingerprint density at radius 2 is 1.90 bits per heavy atom. The van der Waals surface area contributed by atoms with Crippen LogP contribution in [0.15, 0.2) is 0 Å². The van der Waals surface area contributed by atoms with Crippen molar-refractivity contribution in [1.82, 2.24) is 9.80 Å². The lowest BCUT2D eigenvalue weighted by atomic mass is 10.0. The lowest BCUT2D eigenvalue weighted by molar-refractivity contribution is -0.133. The molecule has 0 radical (unpaired) electrons. The third kappa shape index (κ3) is 3.93. The molecule has 2 atom stereocenters. The third-order valence-electron chi connectivity index (χ3n) is 4.18. The molecule has 20 heavy (non-hydrogen) atoms. The highest BCUT2D eigenvalue weighted by molar-refractivity contribution is 5.77. The summed E-state index contributed by atoms with van der Waals surface area (Å²) >= 11 is 0. The minimum Gasteiger partial charge on any atom is -0.377 e. The molecular formula is C14H25N3O3. The van der Waals surface area contributed by atoms with Gasteiger partial charge < -0.3 is 20.3 Å². The lowest BCUT2D eigenvalue weighted by Gasteiger charge is -2.22. The summed E-state index contributed by atoms with van der Waals surface area (Å²) in [5.41, 5.74) is 5.58. The molecule has 0 aromatic rings. The van der Waals surface area contributed by atoms with Crippen LogP contribution in [0.3, 0.4) is 0 Å². The summed E-state index contributed by atoms with van der Waals surface area (Å²) in [5.74, 6) is 0.569. The first-order valence-corrected chi connectivity index (χ1v) is 7.45. The van der Waals surface area contributed by atoms with E-state index in [9.17, 15) is 9.59 Å². The second-order valence-electron chi connectivity index (χ2n) is 5.74.